The largest absolute Gasteiger partial charge is 0.351 e. The number of nitrogens with two attached hydrogens (primary N) is 1. The molecule has 0 aliphatic rings. The quantitative estimate of drug-likeness (QED) is 0.806. The van der Waals surface area contributed by atoms with Crippen LogP contribution in [0.3, 0.4) is 0 Å². The molecule has 1 atom stereocenters. The zero-order valence-corrected chi connectivity index (χ0v) is 15.4. The number of aryl methyl sites for hydroxylation is 1. The highest BCUT2D eigenvalue weighted by Gasteiger charge is 2.15. The molecule has 5 nitrogen and oxygen atoms in total. The lowest BCUT2D eigenvalue weighted by molar-refractivity contribution is -0.122. The summed E-state index contributed by atoms with van der Waals surface area (Å²) in [5, 5.41) is 7.52. The number of carbonyl (C=O) groups is 1. The highest BCUT2D eigenvalue weighted by atomic mass is 35.5. The molecule has 2 aromatic rings. The Morgan fingerprint density at radius 1 is 1.29 bits per heavy atom. The molecule has 24 heavy (non-hydrogen) atoms. The molecule has 0 aliphatic heterocycles. The van der Waals surface area contributed by atoms with Gasteiger partial charge < -0.3 is 11.1 Å². The molecular formula is C18H27ClN4O. The van der Waals surface area contributed by atoms with Gasteiger partial charge in [0, 0.05) is 17.8 Å². The molecule has 0 saturated heterocycles. The van der Waals surface area contributed by atoms with E-state index in [1.54, 1.807) is 0 Å². The fourth-order valence-corrected chi connectivity index (χ4v) is 2.65. The van der Waals surface area contributed by atoms with Crippen molar-refractivity contribution in [3.8, 4) is 0 Å². The maximum Gasteiger partial charge on any atom is 0.237 e. The van der Waals surface area contributed by atoms with Gasteiger partial charge in [0.1, 0.15) is 0 Å². The van der Waals surface area contributed by atoms with Gasteiger partial charge >= 0.3 is 0 Å². The summed E-state index contributed by atoms with van der Waals surface area (Å²) in [4.78, 5) is 12.0. The summed E-state index contributed by atoms with van der Waals surface area (Å²) in [5.41, 5.74) is 10.1. The summed E-state index contributed by atoms with van der Waals surface area (Å²) in [5.74, 6) is -0.0959. The van der Waals surface area contributed by atoms with Gasteiger partial charge in [-0.1, -0.05) is 43.7 Å². The first-order chi connectivity index (χ1) is 11.0. The number of amides is 1. The molecule has 1 aromatic carbocycles. The Balaban J connectivity index is 0.00000288. The van der Waals surface area contributed by atoms with Gasteiger partial charge in [0.2, 0.25) is 5.91 Å². The molecule has 0 fully saturated rings. The minimum Gasteiger partial charge on any atom is -0.351 e. The summed E-state index contributed by atoms with van der Waals surface area (Å²) in [6.07, 6.45) is 1.61. The van der Waals surface area contributed by atoms with Crippen LogP contribution >= 0.6 is 12.4 Å². The number of nitrogens with zero attached hydrogens (tertiary/aromatic N) is 2. The summed E-state index contributed by atoms with van der Waals surface area (Å²) in [7, 11) is 0. The molecule has 3 N–H and O–H groups in total. The first-order valence-electron chi connectivity index (χ1n) is 8.13. The van der Waals surface area contributed by atoms with Gasteiger partial charge in [0.25, 0.3) is 0 Å². The van der Waals surface area contributed by atoms with Gasteiger partial charge in [-0.3, -0.25) is 9.48 Å². The lowest BCUT2D eigenvalue weighted by Gasteiger charge is -2.11. The molecule has 1 unspecified atom stereocenters. The Morgan fingerprint density at radius 2 is 1.96 bits per heavy atom. The van der Waals surface area contributed by atoms with Gasteiger partial charge in [0.15, 0.2) is 0 Å². The number of benzene rings is 1. The number of halogens is 1. The van der Waals surface area contributed by atoms with Gasteiger partial charge in [-0.2, -0.15) is 5.10 Å². The molecule has 0 saturated carbocycles. The minimum absolute atomic E-state index is 0. The number of hydrogen-bond donors (Lipinski definition) is 2. The van der Waals surface area contributed by atoms with Crippen molar-refractivity contribution < 1.29 is 4.79 Å². The first kappa shape index (κ1) is 20.2. The predicted octanol–water partition coefficient (Wildman–Crippen LogP) is 2.71. The molecule has 1 aromatic heterocycles. The minimum atomic E-state index is -0.431. The number of carbonyl (C=O) groups excluding carboxylic acids is 1. The average molecular weight is 351 g/mol. The maximum atomic E-state index is 12.0. The van der Waals surface area contributed by atoms with E-state index in [0.717, 1.165) is 29.9 Å². The highest BCUT2D eigenvalue weighted by molar-refractivity contribution is 5.85. The monoisotopic (exact) mass is 350 g/mol. The van der Waals surface area contributed by atoms with Crippen molar-refractivity contribution in [3.63, 3.8) is 0 Å². The normalized spacial score (nSPS) is 11.7. The molecule has 0 bridgehead atoms. The van der Waals surface area contributed by atoms with Crippen LogP contribution in [0.25, 0.3) is 0 Å². The molecule has 6 heteroatoms. The van der Waals surface area contributed by atoms with E-state index >= 15 is 0 Å². The molecule has 1 heterocycles. The van der Waals surface area contributed by atoms with Crippen molar-refractivity contribution in [2.24, 2.45) is 5.73 Å². The summed E-state index contributed by atoms with van der Waals surface area (Å²) < 4.78 is 1.98. The third-order valence-electron chi connectivity index (χ3n) is 4.08. The SMILES string of the molecule is CCCC(N)C(=O)NCc1c(C)nn(Cc2ccccc2)c1C.Cl. The van der Waals surface area contributed by atoms with E-state index in [9.17, 15) is 4.79 Å². The van der Waals surface area contributed by atoms with E-state index in [1.165, 1.54) is 5.56 Å². The molecule has 1 amide bonds. The zero-order chi connectivity index (χ0) is 16.8. The molecular weight excluding hydrogens is 324 g/mol. The van der Waals surface area contributed by atoms with E-state index in [2.05, 4.69) is 22.5 Å². The number of hydrogen-bond acceptors (Lipinski definition) is 3. The van der Waals surface area contributed by atoms with E-state index in [1.807, 2.05) is 43.7 Å². The second kappa shape index (κ2) is 9.45. The van der Waals surface area contributed by atoms with Crippen molar-refractivity contribution in [3.05, 3.63) is 52.8 Å². The Bertz CT molecular complexity index is 655. The Morgan fingerprint density at radius 3 is 2.58 bits per heavy atom. The standard InChI is InChI=1S/C18H26N4O.ClH/c1-4-8-17(19)18(23)20-11-16-13(2)21-22(14(16)3)12-15-9-6-5-7-10-15;/h5-7,9-10,17H,4,8,11-12,19H2,1-3H3,(H,20,23);1H. The van der Waals surface area contributed by atoms with Crippen LogP contribution in [0.2, 0.25) is 0 Å². The van der Waals surface area contributed by atoms with Crippen molar-refractivity contribution in [2.75, 3.05) is 0 Å². The molecule has 0 radical (unpaired) electrons. The number of aromatic nitrogens is 2. The average Bonchev–Trinajstić information content (AvgIpc) is 2.80. The van der Waals surface area contributed by atoms with Crippen molar-refractivity contribution in [1.29, 1.82) is 0 Å². The molecule has 0 aliphatic carbocycles. The van der Waals surface area contributed by atoms with Crippen LogP contribution < -0.4 is 11.1 Å². The lowest BCUT2D eigenvalue weighted by Crippen LogP contribution is -2.40. The molecule has 2 rings (SSSR count). The fraction of sp³-hybridized carbons (Fsp3) is 0.444. The number of nitrogens with one attached hydrogen (secondary N) is 1. The topological polar surface area (TPSA) is 72.9 Å². The molecule has 0 spiro atoms. The summed E-state index contributed by atoms with van der Waals surface area (Å²) >= 11 is 0. The smallest absolute Gasteiger partial charge is 0.237 e. The van der Waals surface area contributed by atoms with Crippen molar-refractivity contribution in [2.45, 2.75) is 52.7 Å². The Labute approximate surface area is 150 Å². The maximum absolute atomic E-state index is 12.0. The zero-order valence-electron chi connectivity index (χ0n) is 14.6. The second-order valence-electron chi connectivity index (χ2n) is 5.91. The van der Waals surface area contributed by atoms with Gasteiger partial charge in [-0.15, -0.1) is 12.4 Å². The van der Waals surface area contributed by atoms with Crippen molar-refractivity contribution >= 4 is 18.3 Å². The fourth-order valence-electron chi connectivity index (χ4n) is 2.65. The van der Waals surface area contributed by atoms with Crippen molar-refractivity contribution in [1.82, 2.24) is 15.1 Å². The van der Waals surface area contributed by atoms with Crippen LogP contribution in [0.15, 0.2) is 30.3 Å². The summed E-state index contributed by atoms with van der Waals surface area (Å²) in [6, 6.07) is 9.79. The van der Waals surface area contributed by atoms with E-state index in [-0.39, 0.29) is 18.3 Å². The van der Waals surface area contributed by atoms with E-state index < -0.39 is 6.04 Å². The third-order valence-corrected chi connectivity index (χ3v) is 4.08. The Kier molecular flexibility index (Phi) is 7.95. The van der Waals surface area contributed by atoms with E-state index in [0.29, 0.717) is 13.0 Å². The van der Waals surface area contributed by atoms with E-state index in [4.69, 9.17) is 5.73 Å². The Hall–Kier alpha value is -1.85. The summed E-state index contributed by atoms with van der Waals surface area (Å²) in [6.45, 7) is 7.24. The van der Waals surface area contributed by atoms with Crippen LogP contribution in [-0.4, -0.2) is 21.7 Å². The van der Waals surface area contributed by atoms with Gasteiger partial charge in [-0.25, -0.2) is 0 Å². The van der Waals surface area contributed by atoms with Gasteiger partial charge in [0.05, 0.1) is 18.3 Å². The highest BCUT2D eigenvalue weighted by Crippen LogP contribution is 2.14. The van der Waals surface area contributed by atoms with Gasteiger partial charge in [-0.05, 0) is 25.8 Å². The second-order valence-corrected chi connectivity index (χ2v) is 5.91. The van der Waals surface area contributed by atoms with Crippen LogP contribution in [0.1, 0.15) is 42.3 Å². The lowest BCUT2D eigenvalue weighted by atomic mass is 10.1. The predicted molar refractivity (Wildman–Crippen MR) is 99.2 cm³/mol. The van der Waals surface area contributed by atoms with Crippen LogP contribution in [-0.2, 0) is 17.9 Å². The third kappa shape index (κ3) is 5.08. The number of rotatable bonds is 7. The molecule has 132 valence electrons. The van der Waals surface area contributed by atoms with Crippen LogP contribution in [0.5, 0.6) is 0 Å². The van der Waals surface area contributed by atoms with Crippen LogP contribution in [0.4, 0.5) is 0 Å². The first-order valence-corrected chi connectivity index (χ1v) is 8.13. The van der Waals surface area contributed by atoms with Crippen LogP contribution in [0, 0.1) is 13.8 Å².